The molecule has 1 aromatic rings. The van der Waals surface area contributed by atoms with Gasteiger partial charge in [0.1, 0.15) is 6.04 Å². The summed E-state index contributed by atoms with van der Waals surface area (Å²) in [7, 11) is 0. The summed E-state index contributed by atoms with van der Waals surface area (Å²) in [6.45, 7) is 3.23. The van der Waals surface area contributed by atoms with E-state index in [4.69, 9.17) is 10.8 Å². The van der Waals surface area contributed by atoms with Crippen LogP contribution in [0.2, 0.25) is 0 Å². The maximum absolute atomic E-state index is 11.2. The Morgan fingerprint density at radius 3 is 2.45 bits per heavy atom. The van der Waals surface area contributed by atoms with Crippen LogP contribution in [-0.4, -0.2) is 40.0 Å². The van der Waals surface area contributed by atoms with E-state index >= 15 is 0 Å². The highest BCUT2D eigenvalue weighted by atomic mass is 16.4. The standard InChI is InChI=1S/C14H22N2O4/c1-8(2)12(14(19)20)16-11-6-4-3-5-9(11)13(18)10(15)7-17/h3-6,8,10,12-13,16-18H,7,15H2,1-2H3,(H,19,20)/t10-,12+,13-/m1/s1. The number of nitrogens with two attached hydrogens (primary N) is 1. The third-order valence-electron chi connectivity index (χ3n) is 3.14. The lowest BCUT2D eigenvalue weighted by atomic mass is 9.99. The van der Waals surface area contributed by atoms with Gasteiger partial charge in [-0.05, 0) is 12.0 Å². The average molecular weight is 282 g/mol. The minimum absolute atomic E-state index is 0.121. The van der Waals surface area contributed by atoms with Crippen molar-refractivity contribution < 1.29 is 20.1 Å². The molecular formula is C14H22N2O4. The highest BCUT2D eigenvalue weighted by Crippen LogP contribution is 2.26. The van der Waals surface area contributed by atoms with Crippen LogP contribution in [0.5, 0.6) is 0 Å². The number of hydrogen-bond donors (Lipinski definition) is 5. The van der Waals surface area contributed by atoms with Crippen molar-refractivity contribution in [3.05, 3.63) is 29.8 Å². The summed E-state index contributed by atoms with van der Waals surface area (Å²) >= 11 is 0. The van der Waals surface area contributed by atoms with Crippen molar-refractivity contribution in [3.8, 4) is 0 Å². The summed E-state index contributed by atoms with van der Waals surface area (Å²) in [6, 6.07) is 5.21. The molecule has 1 aromatic carbocycles. The highest BCUT2D eigenvalue weighted by molar-refractivity contribution is 5.78. The van der Waals surface area contributed by atoms with E-state index < -0.39 is 24.2 Å². The molecule has 0 spiro atoms. The summed E-state index contributed by atoms with van der Waals surface area (Å²) in [4.78, 5) is 11.2. The molecule has 112 valence electrons. The van der Waals surface area contributed by atoms with E-state index in [9.17, 15) is 15.0 Å². The molecule has 0 fully saturated rings. The maximum Gasteiger partial charge on any atom is 0.326 e. The number of aliphatic hydroxyl groups excluding tert-OH is 2. The Balaban J connectivity index is 3.04. The Morgan fingerprint density at radius 1 is 1.35 bits per heavy atom. The first-order valence-electron chi connectivity index (χ1n) is 6.51. The number of carboxylic acids is 1. The first-order chi connectivity index (χ1) is 9.38. The van der Waals surface area contributed by atoms with Gasteiger partial charge in [0.05, 0.1) is 18.8 Å². The largest absolute Gasteiger partial charge is 0.480 e. The fourth-order valence-corrected chi connectivity index (χ4v) is 1.90. The second-order valence-electron chi connectivity index (χ2n) is 5.08. The van der Waals surface area contributed by atoms with Gasteiger partial charge in [-0.3, -0.25) is 0 Å². The summed E-state index contributed by atoms with van der Waals surface area (Å²) in [5.74, 6) is -1.08. The minimum Gasteiger partial charge on any atom is -0.480 e. The predicted molar refractivity (Wildman–Crippen MR) is 76.3 cm³/mol. The molecule has 6 N–H and O–H groups in total. The molecule has 6 heteroatoms. The maximum atomic E-state index is 11.2. The van der Waals surface area contributed by atoms with Crippen molar-refractivity contribution in [1.29, 1.82) is 0 Å². The third-order valence-corrected chi connectivity index (χ3v) is 3.14. The SMILES string of the molecule is CC(C)[C@H](Nc1ccccc1[C@@H](O)[C@H](N)CO)C(=O)O. The molecule has 0 heterocycles. The van der Waals surface area contributed by atoms with Crippen LogP contribution in [0.3, 0.4) is 0 Å². The number of carbonyl (C=O) groups is 1. The first kappa shape index (κ1) is 16.4. The lowest BCUT2D eigenvalue weighted by molar-refractivity contribution is -0.138. The number of aliphatic carboxylic acids is 1. The van der Waals surface area contributed by atoms with E-state index in [-0.39, 0.29) is 12.5 Å². The molecule has 0 aliphatic rings. The zero-order valence-corrected chi connectivity index (χ0v) is 11.7. The zero-order valence-electron chi connectivity index (χ0n) is 11.7. The second-order valence-corrected chi connectivity index (χ2v) is 5.08. The van der Waals surface area contributed by atoms with Crippen molar-refractivity contribution >= 4 is 11.7 Å². The molecule has 6 nitrogen and oxygen atoms in total. The molecule has 0 unspecified atom stereocenters. The smallest absolute Gasteiger partial charge is 0.326 e. The molecule has 0 aliphatic carbocycles. The lowest BCUT2D eigenvalue weighted by Gasteiger charge is -2.24. The van der Waals surface area contributed by atoms with Crippen LogP contribution in [0.1, 0.15) is 25.5 Å². The van der Waals surface area contributed by atoms with Gasteiger partial charge in [0.15, 0.2) is 0 Å². The van der Waals surface area contributed by atoms with Gasteiger partial charge in [0.2, 0.25) is 0 Å². The number of para-hydroxylation sites is 1. The van der Waals surface area contributed by atoms with E-state index in [1.54, 1.807) is 38.1 Å². The Bertz CT molecular complexity index is 451. The van der Waals surface area contributed by atoms with Crippen LogP contribution in [-0.2, 0) is 4.79 Å². The van der Waals surface area contributed by atoms with Crippen molar-refractivity contribution in [2.24, 2.45) is 11.7 Å². The number of anilines is 1. The Labute approximate surface area is 118 Å². The first-order valence-corrected chi connectivity index (χ1v) is 6.51. The van der Waals surface area contributed by atoms with E-state index in [1.165, 1.54) is 0 Å². The van der Waals surface area contributed by atoms with E-state index in [0.29, 0.717) is 11.3 Å². The number of nitrogens with one attached hydrogen (secondary N) is 1. The van der Waals surface area contributed by atoms with Gasteiger partial charge in [-0.15, -0.1) is 0 Å². The zero-order chi connectivity index (χ0) is 15.3. The van der Waals surface area contributed by atoms with Crippen molar-refractivity contribution in [3.63, 3.8) is 0 Å². The molecule has 0 saturated heterocycles. The molecule has 0 amide bonds. The van der Waals surface area contributed by atoms with Gasteiger partial charge in [0.25, 0.3) is 0 Å². The molecule has 0 bridgehead atoms. The number of aliphatic hydroxyl groups is 2. The summed E-state index contributed by atoms with van der Waals surface area (Å²) in [6.07, 6.45) is -1.06. The van der Waals surface area contributed by atoms with Crippen LogP contribution < -0.4 is 11.1 Å². The van der Waals surface area contributed by atoms with Crippen LogP contribution in [0.15, 0.2) is 24.3 Å². The van der Waals surface area contributed by atoms with Gasteiger partial charge in [0, 0.05) is 11.3 Å². The topological polar surface area (TPSA) is 116 Å². The number of benzene rings is 1. The van der Waals surface area contributed by atoms with Crippen LogP contribution in [0, 0.1) is 5.92 Å². The quantitative estimate of drug-likeness (QED) is 0.499. The number of rotatable bonds is 7. The normalized spacial score (nSPS) is 15.7. The predicted octanol–water partition coefficient (Wildman–Crippen LogP) is 0.561. The Morgan fingerprint density at radius 2 is 1.95 bits per heavy atom. The fraction of sp³-hybridized carbons (Fsp3) is 0.500. The van der Waals surface area contributed by atoms with Crippen molar-refractivity contribution in [1.82, 2.24) is 0 Å². The van der Waals surface area contributed by atoms with Gasteiger partial charge in [-0.1, -0.05) is 32.0 Å². The molecule has 0 saturated carbocycles. The highest BCUT2D eigenvalue weighted by Gasteiger charge is 2.24. The summed E-state index contributed by atoms with van der Waals surface area (Å²) in [5.41, 5.74) is 6.60. The Hall–Kier alpha value is -1.63. The van der Waals surface area contributed by atoms with Crippen molar-refractivity contribution in [2.45, 2.75) is 32.0 Å². The van der Waals surface area contributed by atoms with Gasteiger partial charge >= 0.3 is 5.97 Å². The van der Waals surface area contributed by atoms with Crippen LogP contribution >= 0.6 is 0 Å². The van der Waals surface area contributed by atoms with E-state index in [0.717, 1.165) is 0 Å². The molecule has 3 atom stereocenters. The monoisotopic (exact) mass is 282 g/mol. The third kappa shape index (κ3) is 3.93. The van der Waals surface area contributed by atoms with Crippen LogP contribution in [0.25, 0.3) is 0 Å². The number of hydrogen-bond acceptors (Lipinski definition) is 5. The Kier molecular flexibility index (Phi) is 5.94. The van der Waals surface area contributed by atoms with Crippen molar-refractivity contribution in [2.75, 3.05) is 11.9 Å². The van der Waals surface area contributed by atoms with Gasteiger partial charge in [-0.25, -0.2) is 4.79 Å². The minimum atomic E-state index is -1.06. The lowest BCUT2D eigenvalue weighted by Crippen LogP contribution is -2.36. The summed E-state index contributed by atoms with van der Waals surface area (Å²) < 4.78 is 0. The summed E-state index contributed by atoms with van der Waals surface area (Å²) in [5, 5.41) is 31.2. The molecule has 0 aliphatic heterocycles. The fourth-order valence-electron chi connectivity index (χ4n) is 1.90. The van der Waals surface area contributed by atoms with Gasteiger partial charge < -0.3 is 26.4 Å². The molecular weight excluding hydrogens is 260 g/mol. The van der Waals surface area contributed by atoms with E-state index in [2.05, 4.69) is 5.32 Å². The van der Waals surface area contributed by atoms with E-state index in [1.807, 2.05) is 0 Å². The second kappa shape index (κ2) is 7.23. The molecule has 0 aromatic heterocycles. The molecule has 0 radical (unpaired) electrons. The molecule has 1 rings (SSSR count). The van der Waals surface area contributed by atoms with Gasteiger partial charge in [-0.2, -0.15) is 0 Å². The molecule has 20 heavy (non-hydrogen) atoms. The van der Waals surface area contributed by atoms with Crippen LogP contribution in [0.4, 0.5) is 5.69 Å². The number of carboxylic acid groups (broad SMARTS) is 1. The average Bonchev–Trinajstić information content (AvgIpc) is 2.42.